The van der Waals surface area contributed by atoms with Crippen molar-refractivity contribution in [1.29, 1.82) is 0 Å². The Hall–Kier alpha value is -3.45. The monoisotopic (exact) mass is 393 g/mol. The smallest absolute Gasteiger partial charge is 0.343 e. The van der Waals surface area contributed by atoms with Gasteiger partial charge in [-0.1, -0.05) is 30.3 Å². The highest BCUT2D eigenvalue weighted by Gasteiger charge is 2.13. The lowest BCUT2D eigenvalue weighted by Gasteiger charge is -2.11. The highest BCUT2D eigenvalue weighted by molar-refractivity contribution is 7.80. The maximum atomic E-state index is 12.6. The second-order valence-electron chi connectivity index (χ2n) is 5.78. The summed E-state index contributed by atoms with van der Waals surface area (Å²) < 4.78 is 11.0. The molecule has 0 radical (unpaired) electrons. The van der Waals surface area contributed by atoms with Crippen molar-refractivity contribution in [3.63, 3.8) is 0 Å². The van der Waals surface area contributed by atoms with Crippen LogP contribution in [0.1, 0.15) is 22.8 Å². The van der Waals surface area contributed by atoms with Crippen molar-refractivity contribution in [1.82, 2.24) is 5.43 Å². The fraction of sp³-hybridized carbons (Fsp3) is 0.0952. The molecule has 0 aliphatic heterocycles. The van der Waals surface area contributed by atoms with Crippen LogP contribution in [0.3, 0.4) is 0 Å². The molecule has 6 nitrogen and oxygen atoms in total. The SMILES string of the molecule is CCOc1ccc(C(=O)Oc2ccc3ccccc3c2/C=N\NC(N)=S)cc1. The molecule has 0 fully saturated rings. The van der Waals surface area contributed by atoms with Crippen LogP contribution in [0.15, 0.2) is 65.8 Å². The van der Waals surface area contributed by atoms with Crippen LogP contribution in [0.4, 0.5) is 0 Å². The van der Waals surface area contributed by atoms with Crippen LogP contribution in [0.5, 0.6) is 11.5 Å². The molecule has 0 atom stereocenters. The van der Waals surface area contributed by atoms with Crippen LogP contribution in [0.2, 0.25) is 0 Å². The number of hydrogen-bond donors (Lipinski definition) is 2. The standard InChI is InChI=1S/C21H19N3O3S/c1-2-26-16-10-7-15(8-11-16)20(25)27-19-12-9-14-5-3-4-6-17(14)18(19)13-23-24-21(22)28/h3-13H,2H2,1H3,(H3,22,24,28)/b23-13-. The second-order valence-corrected chi connectivity index (χ2v) is 6.22. The molecular formula is C21H19N3O3S. The van der Waals surface area contributed by atoms with E-state index in [1.807, 2.05) is 37.3 Å². The number of hydrogen-bond acceptors (Lipinski definition) is 5. The summed E-state index contributed by atoms with van der Waals surface area (Å²) in [5.41, 5.74) is 8.98. The highest BCUT2D eigenvalue weighted by atomic mass is 32.1. The molecule has 3 N–H and O–H groups in total. The van der Waals surface area contributed by atoms with Gasteiger partial charge >= 0.3 is 5.97 Å². The molecule has 0 unspecified atom stereocenters. The van der Waals surface area contributed by atoms with Crippen molar-refractivity contribution in [2.24, 2.45) is 10.8 Å². The zero-order chi connectivity index (χ0) is 19.9. The predicted octanol–water partition coefficient (Wildman–Crippen LogP) is 3.62. The molecule has 28 heavy (non-hydrogen) atoms. The Balaban J connectivity index is 1.91. The average Bonchev–Trinajstić information content (AvgIpc) is 2.70. The van der Waals surface area contributed by atoms with Crippen molar-refractivity contribution in [2.75, 3.05) is 6.61 Å². The molecule has 0 bridgehead atoms. The van der Waals surface area contributed by atoms with Crippen LogP contribution < -0.4 is 20.6 Å². The van der Waals surface area contributed by atoms with Crippen LogP contribution in [0, 0.1) is 0 Å². The van der Waals surface area contributed by atoms with Crippen molar-refractivity contribution in [3.05, 3.63) is 71.8 Å². The summed E-state index contributed by atoms with van der Waals surface area (Å²) in [4.78, 5) is 12.6. The van der Waals surface area contributed by atoms with E-state index in [1.54, 1.807) is 30.3 Å². The van der Waals surface area contributed by atoms with E-state index in [0.717, 1.165) is 10.8 Å². The first-order chi connectivity index (χ1) is 13.6. The first kappa shape index (κ1) is 19.3. The topological polar surface area (TPSA) is 85.9 Å². The molecule has 142 valence electrons. The lowest BCUT2D eigenvalue weighted by Crippen LogP contribution is -2.24. The summed E-state index contributed by atoms with van der Waals surface area (Å²) in [6, 6.07) is 18.1. The van der Waals surface area contributed by atoms with Gasteiger partial charge < -0.3 is 15.2 Å². The Bertz CT molecular complexity index is 1030. The van der Waals surface area contributed by atoms with E-state index in [9.17, 15) is 4.79 Å². The van der Waals surface area contributed by atoms with Gasteiger partial charge in [0.05, 0.1) is 18.4 Å². The minimum absolute atomic E-state index is 0.0458. The molecule has 0 saturated heterocycles. The second kappa shape index (κ2) is 8.96. The Morgan fingerprint density at radius 2 is 1.89 bits per heavy atom. The third kappa shape index (κ3) is 4.63. The van der Waals surface area contributed by atoms with Gasteiger partial charge in [0.25, 0.3) is 0 Å². The number of carbonyl (C=O) groups excluding carboxylic acids is 1. The molecule has 0 aliphatic carbocycles. The summed E-state index contributed by atoms with van der Waals surface area (Å²) >= 11 is 4.76. The molecule has 0 amide bonds. The number of nitrogens with one attached hydrogen (secondary N) is 1. The number of nitrogens with zero attached hydrogens (tertiary/aromatic N) is 1. The molecule has 0 saturated carbocycles. The third-order valence-electron chi connectivity index (χ3n) is 3.90. The van der Waals surface area contributed by atoms with E-state index in [-0.39, 0.29) is 5.11 Å². The first-order valence-electron chi connectivity index (χ1n) is 8.63. The van der Waals surface area contributed by atoms with E-state index in [2.05, 4.69) is 10.5 Å². The van der Waals surface area contributed by atoms with E-state index < -0.39 is 5.97 Å². The minimum Gasteiger partial charge on any atom is -0.494 e. The van der Waals surface area contributed by atoms with Gasteiger partial charge in [0.15, 0.2) is 5.11 Å². The molecule has 0 aromatic heterocycles. The Labute approximate surface area is 167 Å². The highest BCUT2D eigenvalue weighted by Crippen LogP contribution is 2.27. The van der Waals surface area contributed by atoms with Gasteiger partial charge in [-0.15, -0.1) is 0 Å². The lowest BCUT2D eigenvalue weighted by atomic mass is 10.0. The van der Waals surface area contributed by atoms with Crippen LogP contribution in [-0.4, -0.2) is 23.9 Å². The lowest BCUT2D eigenvalue weighted by molar-refractivity contribution is 0.0734. The van der Waals surface area contributed by atoms with E-state index in [0.29, 0.717) is 29.2 Å². The Morgan fingerprint density at radius 1 is 1.14 bits per heavy atom. The fourth-order valence-corrected chi connectivity index (χ4v) is 2.72. The molecule has 0 aliphatic rings. The van der Waals surface area contributed by atoms with Crippen molar-refractivity contribution < 1.29 is 14.3 Å². The summed E-state index contributed by atoms with van der Waals surface area (Å²) in [7, 11) is 0. The quantitative estimate of drug-likeness (QED) is 0.219. The molecule has 7 heteroatoms. The number of carbonyl (C=O) groups is 1. The van der Waals surface area contributed by atoms with Gasteiger partial charge in [0, 0.05) is 5.56 Å². The third-order valence-corrected chi connectivity index (χ3v) is 3.99. The van der Waals surface area contributed by atoms with E-state index in [4.69, 9.17) is 27.4 Å². The maximum Gasteiger partial charge on any atom is 0.343 e. The number of thiocarbonyl (C=S) groups is 1. The van der Waals surface area contributed by atoms with Gasteiger partial charge in [-0.05, 0) is 60.2 Å². The van der Waals surface area contributed by atoms with Gasteiger partial charge in [0.1, 0.15) is 11.5 Å². The average molecular weight is 393 g/mol. The summed E-state index contributed by atoms with van der Waals surface area (Å²) in [6.45, 7) is 2.46. The Morgan fingerprint density at radius 3 is 2.61 bits per heavy atom. The summed E-state index contributed by atoms with van der Waals surface area (Å²) in [5.74, 6) is 0.600. The Kier molecular flexibility index (Phi) is 6.18. The number of ether oxygens (including phenoxy) is 2. The van der Waals surface area contributed by atoms with Gasteiger partial charge in [-0.2, -0.15) is 5.10 Å². The number of rotatable bonds is 6. The number of hydrazone groups is 1. The van der Waals surface area contributed by atoms with E-state index >= 15 is 0 Å². The molecule has 0 heterocycles. The number of fused-ring (bicyclic) bond motifs is 1. The fourth-order valence-electron chi connectivity index (χ4n) is 2.67. The van der Waals surface area contributed by atoms with Gasteiger partial charge in [-0.3, -0.25) is 5.43 Å². The first-order valence-corrected chi connectivity index (χ1v) is 9.04. The summed E-state index contributed by atoms with van der Waals surface area (Å²) in [6.07, 6.45) is 1.53. The largest absolute Gasteiger partial charge is 0.494 e. The van der Waals surface area contributed by atoms with Crippen molar-refractivity contribution >= 4 is 40.3 Å². The van der Waals surface area contributed by atoms with Crippen molar-refractivity contribution in [2.45, 2.75) is 6.92 Å². The van der Waals surface area contributed by atoms with E-state index in [1.165, 1.54) is 6.21 Å². The van der Waals surface area contributed by atoms with Gasteiger partial charge in [-0.25, -0.2) is 4.79 Å². The predicted molar refractivity (Wildman–Crippen MR) is 114 cm³/mol. The van der Waals surface area contributed by atoms with Gasteiger partial charge in [0.2, 0.25) is 0 Å². The zero-order valence-corrected chi connectivity index (χ0v) is 16.0. The van der Waals surface area contributed by atoms with Crippen LogP contribution in [0.25, 0.3) is 10.8 Å². The van der Waals surface area contributed by atoms with Crippen LogP contribution in [-0.2, 0) is 0 Å². The molecular weight excluding hydrogens is 374 g/mol. The molecule has 3 aromatic rings. The number of esters is 1. The number of nitrogens with two attached hydrogens (primary N) is 1. The molecule has 3 rings (SSSR count). The molecule has 0 spiro atoms. The maximum absolute atomic E-state index is 12.6. The number of benzene rings is 3. The van der Waals surface area contributed by atoms with Crippen LogP contribution >= 0.6 is 12.2 Å². The normalized spacial score (nSPS) is 10.8. The summed E-state index contributed by atoms with van der Waals surface area (Å²) in [5, 5.41) is 5.93. The molecule has 3 aromatic carbocycles. The minimum atomic E-state index is -0.477. The van der Waals surface area contributed by atoms with Crippen molar-refractivity contribution in [3.8, 4) is 11.5 Å². The zero-order valence-electron chi connectivity index (χ0n) is 15.2.